The first kappa shape index (κ1) is 13.6. The molecule has 1 heterocycles. The van der Waals surface area contributed by atoms with E-state index >= 15 is 0 Å². The Kier molecular flexibility index (Phi) is 3.57. The second-order valence-corrected chi connectivity index (χ2v) is 5.32. The fourth-order valence-corrected chi connectivity index (χ4v) is 2.64. The van der Waals surface area contributed by atoms with E-state index in [2.05, 4.69) is 11.1 Å². The minimum atomic E-state index is -0.323. The molecule has 106 valence electrons. The van der Waals surface area contributed by atoms with Crippen LogP contribution in [0.5, 0.6) is 0 Å². The van der Waals surface area contributed by atoms with Crippen LogP contribution in [0, 0.1) is 5.82 Å². The van der Waals surface area contributed by atoms with Gasteiger partial charge in [0, 0.05) is 29.1 Å². The molecule has 0 bridgehead atoms. The summed E-state index contributed by atoms with van der Waals surface area (Å²) in [5.41, 5.74) is 2.78. The van der Waals surface area contributed by atoms with Crippen LogP contribution in [0.2, 0.25) is 0 Å². The standard InChI is InChI=1S/C18H16FNO/c1-12(10-18(21)13-6-8-14(19)9-7-13)16-11-20-17-5-3-2-4-15(16)17/h2-9,11-12,20H,10H2,1H3/t12-/m1/s1. The van der Waals surface area contributed by atoms with Crippen molar-refractivity contribution < 1.29 is 9.18 Å². The number of fused-ring (bicyclic) bond motifs is 1. The van der Waals surface area contributed by atoms with E-state index in [0.717, 1.165) is 16.5 Å². The summed E-state index contributed by atoms with van der Waals surface area (Å²) in [5, 5.41) is 1.15. The number of nitrogens with one attached hydrogen (secondary N) is 1. The summed E-state index contributed by atoms with van der Waals surface area (Å²) in [5.74, 6) is -0.178. The van der Waals surface area contributed by atoms with Gasteiger partial charge in [0.25, 0.3) is 0 Å². The fraction of sp³-hybridized carbons (Fsp3) is 0.167. The molecule has 0 fully saturated rings. The number of benzene rings is 2. The van der Waals surface area contributed by atoms with Gasteiger partial charge in [0.15, 0.2) is 5.78 Å². The van der Waals surface area contributed by atoms with Crippen LogP contribution in [0.3, 0.4) is 0 Å². The average Bonchev–Trinajstić information content (AvgIpc) is 2.92. The first-order chi connectivity index (χ1) is 10.1. The summed E-state index contributed by atoms with van der Waals surface area (Å²) in [7, 11) is 0. The van der Waals surface area contributed by atoms with Crippen molar-refractivity contribution in [1.29, 1.82) is 0 Å². The summed E-state index contributed by atoms with van der Waals surface area (Å²) in [6.07, 6.45) is 2.38. The van der Waals surface area contributed by atoms with E-state index in [1.165, 1.54) is 12.1 Å². The Hall–Kier alpha value is -2.42. The Morgan fingerprint density at radius 3 is 2.62 bits per heavy atom. The van der Waals surface area contributed by atoms with Gasteiger partial charge in [-0.1, -0.05) is 25.1 Å². The normalized spacial score (nSPS) is 12.5. The quantitative estimate of drug-likeness (QED) is 0.692. The molecule has 0 saturated heterocycles. The molecule has 3 aromatic rings. The Morgan fingerprint density at radius 2 is 1.86 bits per heavy atom. The molecule has 0 radical (unpaired) electrons. The first-order valence-electron chi connectivity index (χ1n) is 7.00. The molecular weight excluding hydrogens is 265 g/mol. The van der Waals surface area contributed by atoms with Gasteiger partial charge in [-0.3, -0.25) is 4.79 Å². The van der Waals surface area contributed by atoms with Gasteiger partial charge in [-0.2, -0.15) is 0 Å². The molecule has 0 aliphatic carbocycles. The number of hydrogen-bond donors (Lipinski definition) is 1. The molecule has 0 aliphatic heterocycles. The number of aromatic nitrogens is 1. The number of rotatable bonds is 4. The molecule has 0 saturated carbocycles. The van der Waals surface area contributed by atoms with Gasteiger partial charge in [-0.05, 0) is 41.8 Å². The van der Waals surface area contributed by atoms with E-state index in [9.17, 15) is 9.18 Å². The molecule has 1 atom stereocenters. The number of carbonyl (C=O) groups is 1. The van der Waals surface area contributed by atoms with Crippen LogP contribution in [-0.2, 0) is 0 Å². The van der Waals surface area contributed by atoms with Crippen molar-refractivity contribution in [1.82, 2.24) is 4.98 Å². The lowest BCUT2D eigenvalue weighted by atomic mass is 9.93. The Balaban J connectivity index is 1.81. The predicted octanol–water partition coefficient (Wildman–Crippen LogP) is 4.68. The molecule has 0 spiro atoms. The SMILES string of the molecule is C[C@H](CC(=O)c1ccc(F)cc1)c1c[nH]c2ccccc12. The van der Waals surface area contributed by atoms with E-state index < -0.39 is 0 Å². The zero-order valence-corrected chi connectivity index (χ0v) is 11.8. The molecule has 2 nitrogen and oxygen atoms in total. The second kappa shape index (κ2) is 5.52. The van der Waals surface area contributed by atoms with E-state index in [0.29, 0.717) is 12.0 Å². The van der Waals surface area contributed by atoms with Crippen molar-refractivity contribution in [3.05, 3.63) is 71.7 Å². The van der Waals surface area contributed by atoms with Crippen LogP contribution in [0.1, 0.15) is 35.2 Å². The third-order valence-electron chi connectivity index (χ3n) is 3.81. The monoisotopic (exact) mass is 281 g/mol. The lowest BCUT2D eigenvalue weighted by Gasteiger charge is -2.10. The number of halogens is 1. The maximum absolute atomic E-state index is 12.9. The Bertz CT molecular complexity index is 773. The molecular formula is C18H16FNO. The number of H-pyrrole nitrogens is 1. The van der Waals surface area contributed by atoms with Crippen molar-refractivity contribution >= 4 is 16.7 Å². The van der Waals surface area contributed by atoms with Crippen LogP contribution in [0.4, 0.5) is 4.39 Å². The van der Waals surface area contributed by atoms with Crippen LogP contribution >= 0.6 is 0 Å². The molecule has 1 N–H and O–H groups in total. The van der Waals surface area contributed by atoms with Crippen molar-refractivity contribution in [2.75, 3.05) is 0 Å². The second-order valence-electron chi connectivity index (χ2n) is 5.32. The largest absolute Gasteiger partial charge is 0.361 e. The van der Waals surface area contributed by atoms with Gasteiger partial charge in [0.1, 0.15) is 5.82 Å². The van der Waals surface area contributed by atoms with E-state index in [4.69, 9.17) is 0 Å². The highest BCUT2D eigenvalue weighted by Crippen LogP contribution is 2.28. The highest BCUT2D eigenvalue weighted by molar-refractivity contribution is 5.97. The number of carbonyl (C=O) groups excluding carboxylic acids is 1. The molecule has 3 heteroatoms. The van der Waals surface area contributed by atoms with Crippen LogP contribution in [0.25, 0.3) is 10.9 Å². The predicted molar refractivity (Wildman–Crippen MR) is 82.1 cm³/mol. The minimum absolute atomic E-state index is 0.0350. The van der Waals surface area contributed by atoms with E-state index in [1.807, 2.05) is 31.3 Å². The van der Waals surface area contributed by atoms with Crippen LogP contribution in [0.15, 0.2) is 54.7 Å². The van der Waals surface area contributed by atoms with Crippen molar-refractivity contribution in [2.45, 2.75) is 19.3 Å². The van der Waals surface area contributed by atoms with Crippen LogP contribution in [-0.4, -0.2) is 10.8 Å². The molecule has 3 rings (SSSR count). The Morgan fingerprint density at radius 1 is 1.14 bits per heavy atom. The fourth-order valence-electron chi connectivity index (χ4n) is 2.64. The maximum atomic E-state index is 12.9. The number of para-hydroxylation sites is 1. The molecule has 2 aromatic carbocycles. The summed E-state index contributed by atoms with van der Waals surface area (Å²) in [6.45, 7) is 2.04. The van der Waals surface area contributed by atoms with Crippen molar-refractivity contribution in [3.63, 3.8) is 0 Å². The smallest absolute Gasteiger partial charge is 0.163 e. The van der Waals surface area contributed by atoms with E-state index in [1.54, 1.807) is 12.1 Å². The molecule has 21 heavy (non-hydrogen) atoms. The van der Waals surface area contributed by atoms with Crippen LogP contribution < -0.4 is 0 Å². The van der Waals surface area contributed by atoms with Gasteiger partial charge in [-0.25, -0.2) is 4.39 Å². The van der Waals surface area contributed by atoms with Gasteiger partial charge in [-0.15, -0.1) is 0 Å². The zero-order valence-electron chi connectivity index (χ0n) is 11.8. The van der Waals surface area contributed by atoms with Crippen molar-refractivity contribution in [2.24, 2.45) is 0 Å². The third kappa shape index (κ3) is 2.72. The van der Waals surface area contributed by atoms with Crippen molar-refractivity contribution in [3.8, 4) is 0 Å². The van der Waals surface area contributed by atoms with Gasteiger partial charge in [0.2, 0.25) is 0 Å². The minimum Gasteiger partial charge on any atom is -0.361 e. The zero-order chi connectivity index (χ0) is 14.8. The number of Topliss-reactive ketones (excluding diaryl/α,β-unsaturated/α-hetero) is 1. The summed E-state index contributed by atoms with van der Waals surface area (Å²) in [6, 6.07) is 13.8. The first-order valence-corrected chi connectivity index (χ1v) is 7.00. The molecule has 0 amide bonds. The maximum Gasteiger partial charge on any atom is 0.163 e. The molecule has 0 unspecified atom stereocenters. The highest BCUT2D eigenvalue weighted by Gasteiger charge is 2.16. The van der Waals surface area contributed by atoms with Gasteiger partial charge >= 0.3 is 0 Å². The number of hydrogen-bond acceptors (Lipinski definition) is 1. The topological polar surface area (TPSA) is 32.9 Å². The summed E-state index contributed by atoms with van der Waals surface area (Å²) < 4.78 is 12.9. The number of ketones is 1. The number of aromatic amines is 1. The van der Waals surface area contributed by atoms with Gasteiger partial charge < -0.3 is 4.98 Å². The Labute approximate surface area is 122 Å². The summed E-state index contributed by atoms with van der Waals surface area (Å²) >= 11 is 0. The molecule has 1 aromatic heterocycles. The lowest BCUT2D eigenvalue weighted by molar-refractivity contribution is 0.0976. The average molecular weight is 281 g/mol. The summed E-state index contributed by atoms with van der Waals surface area (Å²) in [4.78, 5) is 15.5. The lowest BCUT2D eigenvalue weighted by Crippen LogP contribution is -2.04. The third-order valence-corrected chi connectivity index (χ3v) is 3.81. The van der Waals surface area contributed by atoms with E-state index in [-0.39, 0.29) is 17.5 Å². The van der Waals surface area contributed by atoms with Gasteiger partial charge in [0.05, 0.1) is 0 Å². The highest BCUT2D eigenvalue weighted by atomic mass is 19.1. The molecule has 0 aliphatic rings.